The highest BCUT2D eigenvalue weighted by Crippen LogP contribution is 2.37. The summed E-state index contributed by atoms with van der Waals surface area (Å²) in [5.41, 5.74) is 0.289. The van der Waals surface area contributed by atoms with Crippen molar-refractivity contribution in [2.24, 2.45) is 0 Å². The minimum absolute atomic E-state index is 0.120. The molecule has 7 heteroatoms. The first-order valence-corrected chi connectivity index (χ1v) is 7.29. The Morgan fingerprint density at radius 2 is 1.96 bits per heavy atom. The highest BCUT2D eigenvalue weighted by atomic mass is 16.8. The molecule has 0 bridgehead atoms. The number of hydrogen-bond donors (Lipinski definition) is 1. The van der Waals surface area contributed by atoms with Crippen molar-refractivity contribution in [2.75, 3.05) is 13.2 Å². The van der Waals surface area contributed by atoms with Crippen LogP contribution in [0, 0.1) is 0 Å². The molecule has 1 aromatic rings. The molecule has 3 atom stereocenters. The number of aliphatic hydroxyl groups is 1. The monoisotopic (exact) mass is 322 g/mol. The predicted molar refractivity (Wildman–Crippen MR) is 76.5 cm³/mol. The van der Waals surface area contributed by atoms with Gasteiger partial charge in [-0.1, -0.05) is 18.2 Å². The van der Waals surface area contributed by atoms with Gasteiger partial charge in [-0.25, -0.2) is 4.79 Å². The standard InChI is InChI=1S/C16H18O7/c1-15(2)21-9-16(23-15)13(18)12(11(17)8-20-16)22-14(19)10-6-4-3-5-7-10/h3-7,11-12,17H,8-9H2,1-2H3/t11-,12-,16+/m1/s1. The lowest BCUT2D eigenvalue weighted by molar-refractivity contribution is -0.270. The summed E-state index contributed by atoms with van der Waals surface area (Å²) >= 11 is 0. The number of ether oxygens (including phenoxy) is 4. The molecule has 0 unspecified atom stereocenters. The number of rotatable bonds is 2. The number of Topliss-reactive ketones (excluding diaryl/α,β-unsaturated/α-hetero) is 1. The lowest BCUT2D eigenvalue weighted by Crippen LogP contribution is -2.61. The molecule has 2 fully saturated rings. The molecule has 124 valence electrons. The van der Waals surface area contributed by atoms with Crippen LogP contribution in [0.15, 0.2) is 30.3 Å². The lowest BCUT2D eigenvalue weighted by atomic mass is 9.99. The number of hydrogen-bond acceptors (Lipinski definition) is 7. The van der Waals surface area contributed by atoms with Gasteiger partial charge < -0.3 is 24.1 Å². The van der Waals surface area contributed by atoms with E-state index in [0.29, 0.717) is 0 Å². The van der Waals surface area contributed by atoms with Crippen LogP contribution in [0.2, 0.25) is 0 Å². The summed E-state index contributed by atoms with van der Waals surface area (Å²) in [4.78, 5) is 24.8. The second-order valence-electron chi connectivity index (χ2n) is 5.98. The van der Waals surface area contributed by atoms with E-state index in [2.05, 4.69) is 0 Å². The summed E-state index contributed by atoms with van der Waals surface area (Å²) in [6.07, 6.45) is -2.62. The van der Waals surface area contributed by atoms with Gasteiger partial charge in [-0.3, -0.25) is 4.79 Å². The molecule has 1 aromatic carbocycles. The summed E-state index contributed by atoms with van der Waals surface area (Å²) in [7, 11) is 0. The van der Waals surface area contributed by atoms with Gasteiger partial charge in [0.25, 0.3) is 5.79 Å². The van der Waals surface area contributed by atoms with Gasteiger partial charge in [-0.05, 0) is 26.0 Å². The zero-order chi connectivity index (χ0) is 16.7. The number of carbonyl (C=O) groups excluding carboxylic acids is 2. The fraction of sp³-hybridized carbons (Fsp3) is 0.500. The zero-order valence-corrected chi connectivity index (χ0v) is 12.9. The van der Waals surface area contributed by atoms with Gasteiger partial charge >= 0.3 is 5.97 Å². The van der Waals surface area contributed by atoms with Crippen LogP contribution in [0.5, 0.6) is 0 Å². The molecule has 0 radical (unpaired) electrons. The van der Waals surface area contributed by atoms with Crippen LogP contribution >= 0.6 is 0 Å². The van der Waals surface area contributed by atoms with E-state index in [1.807, 2.05) is 0 Å². The summed E-state index contributed by atoms with van der Waals surface area (Å²) in [6.45, 7) is 2.98. The molecule has 23 heavy (non-hydrogen) atoms. The third kappa shape index (κ3) is 3.00. The molecule has 0 aliphatic carbocycles. The average Bonchev–Trinajstić information content (AvgIpc) is 2.85. The third-order valence-corrected chi connectivity index (χ3v) is 3.73. The van der Waals surface area contributed by atoms with Crippen LogP contribution in [-0.4, -0.2) is 53.9 Å². The number of benzene rings is 1. The summed E-state index contributed by atoms with van der Waals surface area (Å²) in [5.74, 6) is -4.00. The van der Waals surface area contributed by atoms with Crippen LogP contribution in [0.1, 0.15) is 24.2 Å². The van der Waals surface area contributed by atoms with Gasteiger partial charge in [0.15, 0.2) is 11.9 Å². The van der Waals surface area contributed by atoms with Gasteiger partial charge in [0, 0.05) is 0 Å². The van der Waals surface area contributed by atoms with Crippen molar-refractivity contribution in [3.8, 4) is 0 Å². The summed E-state index contributed by atoms with van der Waals surface area (Å²) < 4.78 is 21.5. The maximum Gasteiger partial charge on any atom is 0.338 e. The van der Waals surface area contributed by atoms with E-state index in [-0.39, 0.29) is 18.8 Å². The molecule has 1 N–H and O–H groups in total. The minimum atomic E-state index is -1.65. The smallest absolute Gasteiger partial charge is 0.338 e. The largest absolute Gasteiger partial charge is 0.448 e. The van der Waals surface area contributed by atoms with Crippen LogP contribution in [0.4, 0.5) is 0 Å². The third-order valence-electron chi connectivity index (χ3n) is 3.73. The van der Waals surface area contributed by atoms with Crippen LogP contribution in [-0.2, 0) is 23.7 Å². The fourth-order valence-corrected chi connectivity index (χ4v) is 2.58. The Hall–Kier alpha value is -1.80. The Labute approximate surface area is 133 Å². The first-order valence-electron chi connectivity index (χ1n) is 7.29. The normalized spacial score (nSPS) is 32.9. The molecule has 3 rings (SSSR count). The number of ketones is 1. The molecular weight excluding hydrogens is 304 g/mol. The number of aliphatic hydroxyl groups excluding tert-OH is 1. The number of esters is 1. The van der Waals surface area contributed by atoms with Gasteiger partial charge in [0.05, 0.1) is 12.2 Å². The Kier molecular flexibility index (Phi) is 3.97. The van der Waals surface area contributed by atoms with Gasteiger partial charge in [-0.15, -0.1) is 0 Å². The topological polar surface area (TPSA) is 91.3 Å². The number of carbonyl (C=O) groups is 2. The van der Waals surface area contributed by atoms with Gasteiger partial charge in [0.2, 0.25) is 5.78 Å². The van der Waals surface area contributed by atoms with Gasteiger partial charge in [-0.2, -0.15) is 0 Å². The lowest BCUT2D eigenvalue weighted by Gasteiger charge is -2.37. The zero-order valence-electron chi connectivity index (χ0n) is 12.9. The van der Waals surface area contributed by atoms with Crippen molar-refractivity contribution in [3.63, 3.8) is 0 Å². The molecule has 0 aromatic heterocycles. The van der Waals surface area contributed by atoms with Crippen LogP contribution in [0.25, 0.3) is 0 Å². The minimum Gasteiger partial charge on any atom is -0.448 e. The maximum absolute atomic E-state index is 12.6. The van der Waals surface area contributed by atoms with E-state index >= 15 is 0 Å². The Morgan fingerprint density at radius 3 is 2.57 bits per heavy atom. The quantitative estimate of drug-likeness (QED) is 0.799. The molecule has 0 saturated carbocycles. The molecule has 2 heterocycles. The molecule has 2 aliphatic heterocycles. The molecular formula is C16H18O7. The van der Waals surface area contributed by atoms with Crippen LogP contribution < -0.4 is 0 Å². The molecule has 1 spiro atoms. The second kappa shape index (κ2) is 5.68. The second-order valence-corrected chi connectivity index (χ2v) is 5.98. The Morgan fingerprint density at radius 1 is 1.26 bits per heavy atom. The Bertz CT molecular complexity index is 612. The van der Waals surface area contributed by atoms with E-state index in [1.165, 1.54) is 0 Å². The maximum atomic E-state index is 12.6. The molecule has 2 aliphatic rings. The van der Waals surface area contributed by atoms with Crippen molar-refractivity contribution in [1.82, 2.24) is 0 Å². The predicted octanol–water partition coefficient (Wildman–Crippen LogP) is 0.651. The van der Waals surface area contributed by atoms with Crippen molar-refractivity contribution in [2.45, 2.75) is 37.6 Å². The average molecular weight is 322 g/mol. The fourth-order valence-electron chi connectivity index (χ4n) is 2.58. The highest BCUT2D eigenvalue weighted by Gasteiger charge is 2.59. The highest BCUT2D eigenvalue weighted by molar-refractivity contribution is 5.96. The summed E-state index contributed by atoms with van der Waals surface area (Å²) in [5, 5.41) is 9.99. The SMILES string of the molecule is CC1(C)OC[C@]2(OC[C@@H](O)[C@@H](OC(=O)c3ccccc3)C2=O)O1. The molecule has 0 amide bonds. The first-order chi connectivity index (χ1) is 10.8. The molecule has 7 nitrogen and oxygen atoms in total. The van der Waals surface area contributed by atoms with E-state index in [0.717, 1.165) is 0 Å². The van der Waals surface area contributed by atoms with E-state index in [4.69, 9.17) is 18.9 Å². The van der Waals surface area contributed by atoms with Crippen LogP contribution in [0.3, 0.4) is 0 Å². The Balaban J connectivity index is 1.78. The first kappa shape index (κ1) is 16.1. The van der Waals surface area contributed by atoms with E-state index in [1.54, 1.807) is 44.2 Å². The van der Waals surface area contributed by atoms with E-state index < -0.39 is 35.5 Å². The summed E-state index contributed by atoms with van der Waals surface area (Å²) in [6, 6.07) is 8.23. The van der Waals surface area contributed by atoms with Gasteiger partial charge in [0.1, 0.15) is 12.7 Å². The molecule has 2 saturated heterocycles. The van der Waals surface area contributed by atoms with E-state index in [9.17, 15) is 14.7 Å². The van der Waals surface area contributed by atoms with Crippen molar-refractivity contribution in [3.05, 3.63) is 35.9 Å². The van der Waals surface area contributed by atoms with Crippen molar-refractivity contribution in [1.29, 1.82) is 0 Å². The van der Waals surface area contributed by atoms with Crippen molar-refractivity contribution < 1.29 is 33.6 Å². The van der Waals surface area contributed by atoms with Crippen molar-refractivity contribution >= 4 is 11.8 Å².